The van der Waals surface area contributed by atoms with Crippen molar-refractivity contribution in [1.29, 1.82) is 0 Å². The third-order valence-corrected chi connectivity index (χ3v) is 4.36. The Morgan fingerprint density at radius 3 is 2.67 bits per heavy atom. The van der Waals surface area contributed by atoms with Crippen LogP contribution in [0.1, 0.15) is 22.3 Å². The Hall–Kier alpha value is -2.40. The summed E-state index contributed by atoms with van der Waals surface area (Å²) in [4.78, 5) is 15.5. The van der Waals surface area contributed by atoms with E-state index < -0.39 is 5.97 Å². The summed E-state index contributed by atoms with van der Waals surface area (Å²) in [5, 5.41) is 9.09. The van der Waals surface area contributed by atoms with E-state index in [2.05, 4.69) is 9.80 Å². The van der Waals surface area contributed by atoms with Gasteiger partial charge in [0.05, 0.1) is 11.3 Å². The molecule has 2 aromatic rings. The van der Waals surface area contributed by atoms with Gasteiger partial charge in [-0.1, -0.05) is 24.3 Å². The SMILES string of the molecule is O=C(O)c1cccc(CN2CCCN(c3ccccc3F)CC2)c1. The summed E-state index contributed by atoms with van der Waals surface area (Å²) >= 11 is 0. The number of para-hydroxylation sites is 1. The molecule has 0 unspecified atom stereocenters. The van der Waals surface area contributed by atoms with Crippen LogP contribution in [0.15, 0.2) is 48.5 Å². The summed E-state index contributed by atoms with van der Waals surface area (Å²) in [6, 6.07) is 13.9. The minimum atomic E-state index is -0.904. The van der Waals surface area contributed by atoms with Gasteiger partial charge in [-0.25, -0.2) is 9.18 Å². The Bertz CT molecular complexity index is 720. The molecule has 5 heteroatoms. The van der Waals surface area contributed by atoms with Crippen molar-refractivity contribution in [3.63, 3.8) is 0 Å². The molecule has 4 nitrogen and oxygen atoms in total. The van der Waals surface area contributed by atoms with Gasteiger partial charge >= 0.3 is 5.97 Å². The molecule has 1 aliphatic heterocycles. The zero-order valence-electron chi connectivity index (χ0n) is 13.5. The molecule has 126 valence electrons. The molecule has 3 rings (SSSR count). The molecule has 1 heterocycles. The van der Waals surface area contributed by atoms with Crippen LogP contribution in [0.5, 0.6) is 0 Å². The van der Waals surface area contributed by atoms with Crippen molar-refractivity contribution in [3.05, 3.63) is 65.5 Å². The number of carboxylic acids is 1. The van der Waals surface area contributed by atoms with Crippen molar-refractivity contribution in [2.24, 2.45) is 0 Å². The topological polar surface area (TPSA) is 43.8 Å². The summed E-state index contributed by atoms with van der Waals surface area (Å²) in [5.74, 6) is -1.08. The second-order valence-corrected chi connectivity index (χ2v) is 6.07. The number of aromatic carboxylic acids is 1. The van der Waals surface area contributed by atoms with Gasteiger partial charge in [0.1, 0.15) is 5.82 Å². The van der Waals surface area contributed by atoms with Crippen molar-refractivity contribution >= 4 is 11.7 Å². The van der Waals surface area contributed by atoms with Crippen LogP contribution in [0.4, 0.5) is 10.1 Å². The van der Waals surface area contributed by atoms with Crippen LogP contribution >= 0.6 is 0 Å². The van der Waals surface area contributed by atoms with E-state index in [0.29, 0.717) is 17.8 Å². The van der Waals surface area contributed by atoms with Gasteiger partial charge in [-0.3, -0.25) is 4.90 Å². The van der Waals surface area contributed by atoms with Crippen LogP contribution in [0.2, 0.25) is 0 Å². The van der Waals surface area contributed by atoms with Crippen LogP contribution in [-0.4, -0.2) is 42.2 Å². The molecule has 0 radical (unpaired) electrons. The number of benzene rings is 2. The third kappa shape index (κ3) is 3.92. The van der Waals surface area contributed by atoms with E-state index in [4.69, 9.17) is 5.11 Å². The highest BCUT2D eigenvalue weighted by atomic mass is 19.1. The van der Waals surface area contributed by atoms with Gasteiger partial charge in [0.25, 0.3) is 0 Å². The smallest absolute Gasteiger partial charge is 0.335 e. The van der Waals surface area contributed by atoms with Crippen LogP contribution in [0, 0.1) is 5.82 Å². The van der Waals surface area contributed by atoms with E-state index in [1.807, 2.05) is 18.2 Å². The quantitative estimate of drug-likeness (QED) is 0.936. The Morgan fingerprint density at radius 2 is 1.88 bits per heavy atom. The molecule has 1 saturated heterocycles. The van der Waals surface area contributed by atoms with E-state index in [0.717, 1.165) is 38.2 Å². The normalized spacial score (nSPS) is 16.0. The highest BCUT2D eigenvalue weighted by Crippen LogP contribution is 2.20. The number of carbonyl (C=O) groups is 1. The molecule has 0 aromatic heterocycles. The molecule has 0 atom stereocenters. The van der Waals surface area contributed by atoms with Gasteiger partial charge < -0.3 is 10.0 Å². The van der Waals surface area contributed by atoms with E-state index in [9.17, 15) is 9.18 Å². The summed E-state index contributed by atoms with van der Waals surface area (Å²) < 4.78 is 14.0. The fourth-order valence-corrected chi connectivity index (χ4v) is 3.14. The molecule has 2 aromatic carbocycles. The number of hydrogen-bond acceptors (Lipinski definition) is 3. The van der Waals surface area contributed by atoms with Crippen molar-refractivity contribution in [1.82, 2.24) is 4.90 Å². The third-order valence-electron chi connectivity index (χ3n) is 4.36. The number of hydrogen-bond donors (Lipinski definition) is 1. The lowest BCUT2D eigenvalue weighted by Gasteiger charge is -2.24. The second kappa shape index (κ2) is 7.45. The van der Waals surface area contributed by atoms with E-state index >= 15 is 0 Å². The molecule has 1 fully saturated rings. The van der Waals surface area contributed by atoms with Crippen LogP contribution in [0.25, 0.3) is 0 Å². The summed E-state index contributed by atoms with van der Waals surface area (Å²) in [7, 11) is 0. The predicted octanol–water partition coefficient (Wildman–Crippen LogP) is 3.24. The minimum Gasteiger partial charge on any atom is -0.478 e. The predicted molar refractivity (Wildman–Crippen MR) is 91.9 cm³/mol. The molecule has 24 heavy (non-hydrogen) atoms. The van der Waals surface area contributed by atoms with Crippen molar-refractivity contribution in [2.75, 3.05) is 31.1 Å². The highest BCUT2D eigenvalue weighted by molar-refractivity contribution is 5.87. The molecule has 0 spiro atoms. The maximum absolute atomic E-state index is 14.0. The van der Waals surface area contributed by atoms with E-state index in [1.165, 1.54) is 6.07 Å². The fraction of sp³-hybridized carbons (Fsp3) is 0.316. The number of anilines is 1. The lowest BCUT2D eigenvalue weighted by Crippen LogP contribution is -2.31. The average Bonchev–Trinajstić information content (AvgIpc) is 2.81. The van der Waals surface area contributed by atoms with Gasteiger partial charge in [0.15, 0.2) is 0 Å². The van der Waals surface area contributed by atoms with Gasteiger partial charge in [-0.15, -0.1) is 0 Å². The number of rotatable bonds is 4. The first-order valence-corrected chi connectivity index (χ1v) is 8.17. The summed E-state index contributed by atoms with van der Waals surface area (Å²) in [5.41, 5.74) is 1.97. The Kier molecular flexibility index (Phi) is 5.11. The molecule has 0 saturated carbocycles. The standard InChI is InChI=1S/C19H21FN2O2/c20-17-7-1-2-8-18(17)22-10-4-9-21(11-12-22)14-15-5-3-6-16(13-15)19(23)24/h1-3,5-8,13H,4,9-12,14H2,(H,23,24). The molecular formula is C19H21FN2O2. The van der Waals surface area contributed by atoms with Crippen molar-refractivity contribution in [2.45, 2.75) is 13.0 Å². The highest BCUT2D eigenvalue weighted by Gasteiger charge is 2.17. The number of nitrogens with zero attached hydrogens (tertiary/aromatic N) is 2. The first-order valence-electron chi connectivity index (χ1n) is 8.17. The Morgan fingerprint density at radius 1 is 1.04 bits per heavy atom. The number of carboxylic acid groups (broad SMARTS) is 1. The van der Waals surface area contributed by atoms with Gasteiger partial charge in [0, 0.05) is 32.7 Å². The largest absolute Gasteiger partial charge is 0.478 e. The monoisotopic (exact) mass is 328 g/mol. The first kappa shape index (κ1) is 16.5. The summed E-state index contributed by atoms with van der Waals surface area (Å²) in [6.45, 7) is 4.05. The molecule has 1 aliphatic rings. The molecule has 0 amide bonds. The second-order valence-electron chi connectivity index (χ2n) is 6.07. The van der Waals surface area contributed by atoms with E-state index in [-0.39, 0.29) is 5.82 Å². The summed E-state index contributed by atoms with van der Waals surface area (Å²) in [6.07, 6.45) is 0.951. The molecule has 0 aliphatic carbocycles. The average molecular weight is 328 g/mol. The van der Waals surface area contributed by atoms with Gasteiger partial charge in [-0.2, -0.15) is 0 Å². The maximum Gasteiger partial charge on any atom is 0.335 e. The minimum absolute atomic E-state index is 0.180. The maximum atomic E-state index is 14.0. The Labute approximate surface area is 141 Å². The van der Waals surface area contributed by atoms with Crippen molar-refractivity contribution < 1.29 is 14.3 Å². The molecular weight excluding hydrogens is 307 g/mol. The lowest BCUT2D eigenvalue weighted by molar-refractivity contribution is 0.0696. The van der Waals surface area contributed by atoms with Crippen LogP contribution in [0.3, 0.4) is 0 Å². The number of halogens is 1. The van der Waals surface area contributed by atoms with E-state index in [1.54, 1.807) is 24.3 Å². The van der Waals surface area contributed by atoms with Crippen molar-refractivity contribution in [3.8, 4) is 0 Å². The van der Waals surface area contributed by atoms with Gasteiger partial charge in [0.2, 0.25) is 0 Å². The lowest BCUT2D eigenvalue weighted by atomic mass is 10.1. The first-order chi connectivity index (χ1) is 11.6. The fourth-order valence-electron chi connectivity index (χ4n) is 3.14. The zero-order valence-corrected chi connectivity index (χ0v) is 13.5. The molecule has 0 bridgehead atoms. The Balaban J connectivity index is 1.65. The van der Waals surface area contributed by atoms with Gasteiger partial charge in [-0.05, 0) is 36.2 Å². The van der Waals surface area contributed by atoms with Crippen LogP contribution < -0.4 is 4.90 Å². The zero-order chi connectivity index (χ0) is 16.9. The van der Waals surface area contributed by atoms with Crippen LogP contribution in [-0.2, 0) is 6.54 Å². The molecule has 1 N–H and O–H groups in total.